The van der Waals surface area contributed by atoms with Crippen molar-refractivity contribution in [1.82, 2.24) is 9.97 Å². The quantitative estimate of drug-likeness (QED) is 0.560. The number of aromatic amines is 2. The van der Waals surface area contributed by atoms with E-state index in [1.807, 2.05) is 38.1 Å². The van der Waals surface area contributed by atoms with E-state index in [1.54, 1.807) is 11.8 Å². The minimum absolute atomic E-state index is 0.163. The maximum absolute atomic E-state index is 12.2. The highest BCUT2D eigenvalue weighted by molar-refractivity contribution is 8.00. The van der Waals surface area contributed by atoms with Crippen LogP contribution in [0.25, 0.3) is 10.9 Å². The topological polar surface area (TPSA) is 48.6 Å². The van der Waals surface area contributed by atoms with E-state index >= 15 is 0 Å². The Bertz CT molecular complexity index is 737. The summed E-state index contributed by atoms with van der Waals surface area (Å²) in [6.45, 7) is 3.91. The van der Waals surface area contributed by atoms with Gasteiger partial charge in [-0.2, -0.15) is 0 Å². The highest BCUT2D eigenvalue weighted by atomic mass is 32.2. The van der Waals surface area contributed by atoms with Crippen molar-refractivity contribution in [1.29, 1.82) is 0 Å². The number of rotatable bonds is 4. The molecule has 0 amide bonds. The molecule has 0 fully saturated rings. The van der Waals surface area contributed by atoms with Gasteiger partial charge in [-0.1, -0.05) is 18.2 Å². The monoisotopic (exact) mass is 284 g/mol. The average Bonchev–Trinajstić information content (AvgIpc) is 2.98. The maximum Gasteiger partial charge on any atom is 0.174 e. The molecule has 0 aliphatic heterocycles. The van der Waals surface area contributed by atoms with Crippen LogP contribution in [0.5, 0.6) is 0 Å². The molecule has 0 spiro atoms. The summed E-state index contributed by atoms with van der Waals surface area (Å²) in [5.74, 6) is 0.612. The fraction of sp³-hybridized carbons (Fsp3) is 0.188. The number of carbonyl (C=O) groups is 1. The van der Waals surface area contributed by atoms with E-state index in [0.717, 1.165) is 27.5 Å². The van der Waals surface area contributed by atoms with Crippen molar-refractivity contribution in [2.45, 2.75) is 18.9 Å². The molecule has 2 aromatic heterocycles. The number of benzene rings is 1. The van der Waals surface area contributed by atoms with Crippen LogP contribution < -0.4 is 0 Å². The summed E-state index contributed by atoms with van der Waals surface area (Å²) in [6, 6.07) is 12.1. The van der Waals surface area contributed by atoms with E-state index < -0.39 is 0 Å². The van der Waals surface area contributed by atoms with Crippen LogP contribution in [0.15, 0.2) is 41.4 Å². The lowest BCUT2D eigenvalue weighted by Gasteiger charge is -1.98. The molecule has 0 saturated heterocycles. The number of H-pyrrole nitrogens is 2. The molecule has 0 atom stereocenters. The predicted molar refractivity (Wildman–Crippen MR) is 83.6 cm³/mol. The van der Waals surface area contributed by atoms with Gasteiger partial charge in [0, 0.05) is 27.9 Å². The number of Topliss-reactive ketones (excluding diaryl/α,β-unsaturated/α-hetero) is 1. The largest absolute Gasteiger partial charge is 0.362 e. The third kappa shape index (κ3) is 2.51. The maximum atomic E-state index is 12.2. The van der Waals surface area contributed by atoms with Gasteiger partial charge in [0.05, 0.1) is 10.8 Å². The highest BCUT2D eigenvalue weighted by Crippen LogP contribution is 2.24. The SMILES string of the molecule is Cc1cc(C(=O)CSc2cc3ccccc3[nH]2)c(C)[nH]1. The second-order valence-corrected chi connectivity index (χ2v) is 5.94. The van der Waals surface area contributed by atoms with Crippen LogP contribution in [0.4, 0.5) is 0 Å². The summed E-state index contributed by atoms with van der Waals surface area (Å²) in [5.41, 5.74) is 3.88. The second kappa shape index (κ2) is 5.21. The molecular weight excluding hydrogens is 268 g/mol. The number of para-hydroxylation sites is 1. The van der Waals surface area contributed by atoms with Crippen LogP contribution >= 0.6 is 11.8 Å². The lowest BCUT2D eigenvalue weighted by molar-refractivity contribution is 0.102. The van der Waals surface area contributed by atoms with Gasteiger partial charge in [-0.3, -0.25) is 4.79 Å². The van der Waals surface area contributed by atoms with Gasteiger partial charge in [-0.25, -0.2) is 0 Å². The van der Waals surface area contributed by atoms with E-state index in [1.165, 1.54) is 5.39 Å². The minimum atomic E-state index is 0.163. The Morgan fingerprint density at radius 3 is 2.65 bits per heavy atom. The van der Waals surface area contributed by atoms with E-state index in [4.69, 9.17) is 0 Å². The number of ketones is 1. The molecule has 2 heterocycles. The van der Waals surface area contributed by atoms with Crippen molar-refractivity contribution in [3.8, 4) is 0 Å². The zero-order valence-electron chi connectivity index (χ0n) is 11.5. The van der Waals surface area contributed by atoms with Crippen LogP contribution in [0.1, 0.15) is 21.7 Å². The number of nitrogens with one attached hydrogen (secondary N) is 2. The van der Waals surface area contributed by atoms with Crippen molar-refractivity contribution in [3.63, 3.8) is 0 Å². The average molecular weight is 284 g/mol. The van der Waals surface area contributed by atoms with Crippen molar-refractivity contribution in [2.75, 3.05) is 5.75 Å². The Morgan fingerprint density at radius 1 is 1.15 bits per heavy atom. The highest BCUT2D eigenvalue weighted by Gasteiger charge is 2.12. The number of aryl methyl sites for hydroxylation is 2. The smallest absolute Gasteiger partial charge is 0.174 e. The molecule has 0 aliphatic rings. The zero-order chi connectivity index (χ0) is 14.1. The summed E-state index contributed by atoms with van der Waals surface area (Å²) in [6.07, 6.45) is 0. The lowest BCUT2D eigenvalue weighted by atomic mass is 10.2. The first-order valence-electron chi connectivity index (χ1n) is 6.53. The third-order valence-corrected chi connectivity index (χ3v) is 4.25. The minimum Gasteiger partial charge on any atom is -0.362 e. The second-order valence-electron chi connectivity index (χ2n) is 4.92. The standard InChI is InChI=1S/C16H16N2OS/c1-10-7-13(11(2)17-10)15(19)9-20-16-8-12-5-3-4-6-14(12)18-16/h3-8,17-18H,9H2,1-2H3. The van der Waals surface area contributed by atoms with Crippen LogP contribution in [0.3, 0.4) is 0 Å². The van der Waals surface area contributed by atoms with Gasteiger partial charge < -0.3 is 9.97 Å². The lowest BCUT2D eigenvalue weighted by Crippen LogP contribution is -2.02. The molecule has 3 aromatic rings. The number of aromatic nitrogens is 2. The predicted octanol–water partition coefficient (Wildman–Crippen LogP) is 4.09. The Balaban J connectivity index is 1.73. The van der Waals surface area contributed by atoms with Crippen LogP contribution in [-0.4, -0.2) is 21.5 Å². The number of fused-ring (bicyclic) bond motifs is 1. The van der Waals surface area contributed by atoms with Gasteiger partial charge in [0.25, 0.3) is 0 Å². The van der Waals surface area contributed by atoms with Crippen molar-refractivity contribution in [3.05, 3.63) is 53.3 Å². The van der Waals surface area contributed by atoms with Gasteiger partial charge in [-0.05, 0) is 32.0 Å². The number of hydrogen-bond acceptors (Lipinski definition) is 2. The van der Waals surface area contributed by atoms with Gasteiger partial charge >= 0.3 is 0 Å². The molecule has 0 aliphatic carbocycles. The van der Waals surface area contributed by atoms with Gasteiger partial charge in [0.1, 0.15) is 0 Å². The molecule has 1 aromatic carbocycles. The van der Waals surface area contributed by atoms with Gasteiger partial charge in [0.15, 0.2) is 5.78 Å². The Labute approximate surface area is 121 Å². The first kappa shape index (κ1) is 13.1. The Kier molecular flexibility index (Phi) is 3.40. The van der Waals surface area contributed by atoms with Gasteiger partial charge in [0.2, 0.25) is 0 Å². The number of carbonyl (C=O) groups excluding carboxylic acids is 1. The first-order chi connectivity index (χ1) is 9.63. The van der Waals surface area contributed by atoms with Crippen molar-refractivity contribution < 1.29 is 4.79 Å². The van der Waals surface area contributed by atoms with Crippen LogP contribution in [-0.2, 0) is 0 Å². The summed E-state index contributed by atoms with van der Waals surface area (Å²) in [4.78, 5) is 18.7. The summed E-state index contributed by atoms with van der Waals surface area (Å²) in [5, 5.41) is 2.21. The molecule has 4 heteroatoms. The molecule has 3 rings (SSSR count). The van der Waals surface area contributed by atoms with Crippen molar-refractivity contribution in [2.24, 2.45) is 0 Å². The van der Waals surface area contributed by atoms with Crippen molar-refractivity contribution >= 4 is 28.4 Å². The third-order valence-electron chi connectivity index (χ3n) is 3.31. The Morgan fingerprint density at radius 2 is 1.95 bits per heavy atom. The molecule has 0 bridgehead atoms. The molecule has 3 nitrogen and oxygen atoms in total. The molecule has 0 radical (unpaired) electrons. The van der Waals surface area contributed by atoms with Crippen LogP contribution in [0, 0.1) is 13.8 Å². The Hall–Kier alpha value is -1.94. The first-order valence-corrected chi connectivity index (χ1v) is 7.52. The van der Waals surface area contributed by atoms with Gasteiger partial charge in [-0.15, -0.1) is 11.8 Å². The fourth-order valence-corrected chi connectivity index (χ4v) is 3.19. The molecule has 0 saturated carbocycles. The summed E-state index contributed by atoms with van der Waals surface area (Å²) in [7, 11) is 0. The van der Waals surface area contributed by atoms with E-state index in [-0.39, 0.29) is 5.78 Å². The number of hydrogen-bond donors (Lipinski definition) is 2. The number of thioether (sulfide) groups is 1. The zero-order valence-corrected chi connectivity index (χ0v) is 12.3. The normalized spacial score (nSPS) is 11.1. The van der Waals surface area contributed by atoms with E-state index in [9.17, 15) is 4.79 Å². The molecule has 102 valence electrons. The molecule has 0 unspecified atom stereocenters. The van der Waals surface area contributed by atoms with Crippen LogP contribution in [0.2, 0.25) is 0 Å². The van der Waals surface area contributed by atoms with E-state index in [0.29, 0.717) is 5.75 Å². The molecule has 2 N–H and O–H groups in total. The van der Waals surface area contributed by atoms with E-state index in [2.05, 4.69) is 22.1 Å². The summed E-state index contributed by atoms with van der Waals surface area (Å²) < 4.78 is 0. The molecular formula is C16H16N2OS. The molecule has 20 heavy (non-hydrogen) atoms. The summed E-state index contributed by atoms with van der Waals surface area (Å²) >= 11 is 1.55. The fourth-order valence-electron chi connectivity index (χ4n) is 2.36.